The van der Waals surface area contributed by atoms with Crippen molar-refractivity contribution in [2.45, 2.75) is 19.4 Å². The second-order valence-corrected chi connectivity index (χ2v) is 2.67. The van der Waals surface area contributed by atoms with E-state index >= 15 is 0 Å². The van der Waals surface area contributed by atoms with Crippen LogP contribution in [-0.4, -0.2) is 12.6 Å². The van der Waals surface area contributed by atoms with Gasteiger partial charge in [-0.1, -0.05) is 0 Å². The molecule has 1 rings (SSSR count). The average Bonchev–Trinajstić information content (AvgIpc) is 2.55. The molecule has 2 N–H and O–H groups in total. The van der Waals surface area contributed by atoms with Gasteiger partial charge < -0.3 is 14.9 Å². The summed E-state index contributed by atoms with van der Waals surface area (Å²) in [6.07, 6.45) is 3.25. The van der Waals surface area contributed by atoms with Crippen LogP contribution in [-0.2, 0) is 9.53 Å². The number of rotatable bonds is 4. The minimum absolute atomic E-state index is 0.188. The van der Waals surface area contributed by atoms with E-state index in [9.17, 15) is 4.79 Å². The molecular weight excluding hydrogens is 170 g/mol. The maximum Gasteiger partial charge on any atom is 0.307 e. The Hall–Kier alpha value is -1.29. The van der Waals surface area contributed by atoms with Crippen molar-refractivity contribution in [3.63, 3.8) is 0 Å². The molecule has 0 aliphatic heterocycles. The lowest BCUT2D eigenvalue weighted by Gasteiger charge is -2.07. The third kappa shape index (κ3) is 2.91. The summed E-state index contributed by atoms with van der Waals surface area (Å²) < 4.78 is 9.61. The van der Waals surface area contributed by atoms with E-state index in [1.54, 1.807) is 13.0 Å². The van der Waals surface area contributed by atoms with Gasteiger partial charge in [0.25, 0.3) is 0 Å². The standard InChI is InChI=1S/C9H13NO3/c1-2-13-9(11)5-8(10)7-3-4-12-6-7/h3-4,6,8H,2,5,10H2,1H3. The summed E-state index contributed by atoms with van der Waals surface area (Å²) in [7, 11) is 0. The fourth-order valence-corrected chi connectivity index (χ4v) is 1.00. The molecule has 0 fully saturated rings. The number of ether oxygens (including phenoxy) is 1. The van der Waals surface area contributed by atoms with Crippen LogP contribution in [0.2, 0.25) is 0 Å². The number of furan rings is 1. The number of hydrogen-bond acceptors (Lipinski definition) is 4. The predicted octanol–water partition coefficient (Wildman–Crippen LogP) is 1.23. The number of hydrogen-bond donors (Lipinski definition) is 1. The Morgan fingerprint density at radius 2 is 2.54 bits per heavy atom. The summed E-state index contributed by atoms with van der Waals surface area (Å²) in [5, 5.41) is 0. The second-order valence-electron chi connectivity index (χ2n) is 2.67. The van der Waals surface area contributed by atoms with Gasteiger partial charge in [0.1, 0.15) is 0 Å². The van der Waals surface area contributed by atoms with Crippen LogP contribution >= 0.6 is 0 Å². The fraction of sp³-hybridized carbons (Fsp3) is 0.444. The summed E-state index contributed by atoms with van der Waals surface area (Å²) in [6, 6.07) is 1.40. The van der Waals surface area contributed by atoms with Crippen LogP contribution < -0.4 is 5.73 Å². The zero-order valence-electron chi connectivity index (χ0n) is 7.53. The summed E-state index contributed by atoms with van der Waals surface area (Å²) in [5.74, 6) is -0.281. The molecule has 0 radical (unpaired) electrons. The van der Waals surface area contributed by atoms with Crippen molar-refractivity contribution >= 4 is 5.97 Å². The first-order chi connectivity index (χ1) is 6.24. The molecule has 4 heteroatoms. The van der Waals surface area contributed by atoms with Gasteiger partial charge in [0.15, 0.2) is 0 Å². The Morgan fingerprint density at radius 1 is 1.77 bits per heavy atom. The van der Waals surface area contributed by atoms with Gasteiger partial charge in [-0.15, -0.1) is 0 Å². The second kappa shape index (κ2) is 4.67. The molecule has 1 aromatic heterocycles. The monoisotopic (exact) mass is 183 g/mol. The maximum atomic E-state index is 11.0. The molecule has 0 saturated carbocycles. The number of esters is 1. The van der Waals surface area contributed by atoms with Crippen LogP contribution in [0.4, 0.5) is 0 Å². The summed E-state index contributed by atoms with van der Waals surface area (Å²) in [4.78, 5) is 11.0. The predicted molar refractivity (Wildman–Crippen MR) is 46.9 cm³/mol. The number of carbonyl (C=O) groups excluding carboxylic acids is 1. The van der Waals surface area contributed by atoms with Gasteiger partial charge in [-0.2, -0.15) is 0 Å². The molecule has 13 heavy (non-hydrogen) atoms. The van der Waals surface area contributed by atoms with Crippen molar-refractivity contribution in [2.24, 2.45) is 5.73 Å². The maximum absolute atomic E-state index is 11.0. The van der Waals surface area contributed by atoms with Gasteiger partial charge in [-0.3, -0.25) is 4.79 Å². The van der Waals surface area contributed by atoms with Crippen LogP contribution in [0.5, 0.6) is 0 Å². The van der Waals surface area contributed by atoms with E-state index in [4.69, 9.17) is 14.9 Å². The quantitative estimate of drug-likeness (QED) is 0.713. The van der Waals surface area contributed by atoms with Crippen molar-refractivity contribution in [3.8, 4) is 0 Å². The highest BCUT2D eigenvalue weighted by Gasteiger charge is 2.12. The molecule has 0 spiro atoms. The molecular formula is C9H13NO3. The highest BCUT2D eigenvalue weighted by atomic mass is 16.5. The first-order valence-corrected chi connectivity index (χ1v) is 4.17. The van der Waals surface area contributed by atoms with Gasteiger partial charge in [0, 0.05) is 11.6 Å². The molecule has 1 atom stereocenters. The van der Waals surface area contributed by atoms with E-state index in [1.807, 2.05) is 0 Å². The highest BCUT2D eigenvalue weighted by Crippen LogP contribution is 2.14. The number of nitrogens with two attached hydrogens (primary N) is 1. The van der Waals surface area contributed by atoms with Crippen LogP contribution in [0.1, 0.15) is 24.9 Å². The van der Waals surface area contributed by atoms with Crippen LogP contribution in [0.25, 0.3) is 0 Å². The zero-order chi connectivity index (χ0) is 9.68. The molecule has 0 amide bonds. The third-order valence-electron chi connectivity index (χ3n) is 1.66. The van der Waals surface area contributed by atoms with E-state index in [0.29, 0.717) is 6.61 Å². The zero-order valence-corrected chi connectivity index (χ0v) is 7.53. The smallest absolute Gasteiger partial charge is 0.307 e. The van der Waals surface area contributed by atoms with Gasteiger partial charge in [-0.05, 0) is 13.0 Å². The van der Waals surface area contributed by atoms with Crippen LogP contribution in [0, 0.1) is 0 Å². The van der Waals surface area contributed by atoms with Crippen molar-refractivity contribution in [2.75, 3.05) is 6.61 Å². The average molecular weight is 183 g/mol. The van der Waals surface area contributed by atoms with Gasteiger partial charge in [0.05, 0.1) is 25.6 Å². The Morgan fingerprint density at radius 3 is 3.08 bits per heavy atom. The first-order valence-electron chi connectivity index (χ1n) is 4.17. The topological polar surface area (TPSA) is 65.5 Å². The van der Waals surface area contributed by atoms with Crippen molar-refractivity contribution in [3.05, 3.63) is 24.2 Å². The Kier molecular flexibility index (Phi) is 3.52. The molecule has 0 aromatic carbocycles. The highest BCUT2D eigenvalue weighted by molar-refractivity contribution is 5.70. The SMILES string of the molecule is CCOC(=O)CC(N)c1ccoc1. The van der Waals surface area contributed by atoms with Crippen LogP contribution in [0.3, 0.4) is 0 Å². The van der Waals surface area contributed by atoms with E-state index in [0.717, 1.165) is 5.56 Å². The van der Waals surface area contributed by atoms with Crippen molar-refractivity contribution in [1.29, 1.82) is 0 Å². The molecule has 1 unspecified atom stereocenters. The molecule has 1 heterocycles. The van der Waals surface area contributed by atoms with E-state index < -0.39 is 0 Å². The van der Waals surface area contributed by atoms with Gasteiger partial charge in [-0.25, -0.2) is 0 Å². The van der Waals surface area contributed by atoms with E-state index in [2.05, 4.69) is 0 Å². The molecule has 72 valence electrons. The van der Waals surface area contributed by atoms with Crippen molar-refractivity contribution < 1.29 is 13.9 Å². The molecule has 0 saturated heterocycles. The lowest BCUT2D eigenvalue weighted by molar-refractivity contribution is -0.143. The first kappa shape index (κ1) is 9.80. The molecule has 0 aliphatic carbocycles. The van der Waals surface area contributed by atoms with Crippen molar-refractivity contribution in [1.82, 2.24) is 0 Å². The largest absolute Gasteiger partial charge is 0.472 e. The molecule has 1 aromatic rings. The summed E-state index contributed by atoms with van der Waals surface area (Å²) in [6.45, 7) is 2.15. The van der Waals surface area contributed by atoms with E-state index in [1.165, 1.54) is 12.5 Å². The molecule has 0 bridgehead atoms. The Bertz CT molecular complexity index is 256. The van der Waals surface area contributed by atoms with Gasteiger partial charge >= 0.3 is 5.97 Å². The number of carbonyl (C=O) groups is 1. The minimum atomic E-state index is -0.335. The fourth-order valence-electron chi connectivity index (χ4n) is 1.00. The third-order valence-corrected chi connectivity index (χ3v) is 1.66. The Labute approximate surface area is 76.7 Å². The van der Waals surface area contributed by atoms with E-state index in [-0.39, 0.29) is 18.4 Å². The normalized spacial score (nSPS) is 12.5. The van der Waals surface area contributed by atoms with Crippen LogP contribution in [0.15, 0.2) is 23.0 Å². The van der Waals surface area contributed by atoms with Gasteiger partial charge in [0.2, 0.25) is 0 Å². The Balaban J connectivity index is 2.42. The summed E-state index contributed by atoms with van der Waals surface area (Å²) >= 11 is 0. The molecule has 4 nitrogen and oxygen atoms in total. The minimum Gasteiger partial charge on any atom is -0.472 e. The lowest BCUT2D eigenvalue weighted by Crippen LogP contribution is -2.16. The lowest BCUT2D eigenvalue weighted by atomic mass is 10.1. The molecule has 0 aliphatic rings. The summed E-state index contributed by atoms with van der Waals surface area (Å²) in [5.41, 5.74) is 6.52.